The highest BCUT2D eigenvalue weighted by molar-refractivity contribution is 6.42. The summed E-state index contributed by atoms with van der Waals surface area (Å²) < 4.78 is 0. The molecular weight excluding hydrogens is 375 g/mol. The molecule has 3 aromatic rings. The van der Waals surface area contributed by atoms with Crippen molar-refractivity contribution in [2.45, 2.75) is 6.04 Å². The van der Waals surface area contributed by atoms with Crippen molar-refractivity contribution in [3.05, 3.63) is 94.0 Å². The van der Waals surface area contributed by atoms with Crippen molar-refractivity contribution < 1.29 is 0 Å². The topological polar surface area (TPSA) is 15.3 Å². The zero-order chi connectivity index (χ0) is 18.6. The van der Waals surface area contributed by atoms with E-state index in [1.807, 2.05) is 18.2 Å². The average molecular weight is 397 g/mol. The molecule has 27 heavy (non-hydrogen) atoms. The minimum Gasteiger partial charge on any atom is -0.314 e. The first-order valence-corrected chi connectivity index (χ1v) is 10.0. The molecule has 3 aromatic carbocycles. The van der Waals surface area contributed by atoms with E-state index < -0.39 is 0 Å². The molecule has 1 saturated heterocycles. The van der Waals surface area contributed by atoms with Gasteiger partial charge in [0.2, 0.25) is 0 Å². The fourth-order valence-electron chi connectivity index (χ4n) is 3.73. The van der Waals surface area contributed by atoms with Crippen LogP contribution in [0, 0.1) is 0 Å². The third-order valence-corrected chi connectivity index (χ3v) is 5.85. The van der Waals surface area contributed by atoms with Crippen LogP contribution in [0.1, 0.15) is 17.2 Å². The van der Waals surface area contributed by atoms with E-state index in [1.165, 1.54) is 22.3 Å². The van der Waals surface area contributed by atoms with Gasteiger partial charge in [-0.3, -0.25) is 4.90 Å². The van der Waals surface area contributed by atoms with Crippen molar-refractivity contribution in [1.29, 1.82) is 0 Å². The van der Waals surface area contributed by atoms with E-state index in [4.69, 9.17) is 23.2 Å². The van der Waals surface area contributed by atoms with Crippen LogP contribution in [0.4, 0.5) is 0 Å². The lowest BCUT2D eigenvalue weighted by Crippen LogP contribution is -2.45. The highest BCUT2D eigenvalue weighted by Gasteiger charge is 2.24. The predicted molar refractivity (Wildman–Crippen MR) is 115 cm³/mol. The van der Waals surface area contributed by atoms with E-state index in [0.717, 1.165) is 26.2 Å². The van der Waals surface area contributed by atoms with E-state index in [9.17, 15) is 0 Å². The second-order valence-electron chi connectivity index (χ2n) is 6.85. The number of hydrogen-bond donors (Lipinski definition) is 1. The number of piperazine rings is 1. The third-order valence-electron chi connectivity index (χ3n) is 5.11. The first kappa shape index (κ1) is 18.5. The summed E-state index contributed by atoms with van der Waals surface area (Å²) in [5, 5.41) is 4.64. The van der Waals surface area contributed by atoms with Crippen LogP contribution in [-0.4, -0.2) is 31.1 Å². The van der Waals surface area contributed by atoms with Gasteiger partial charge in [0.15, 0.2) is 0 Å². The van der Waals surface area contributed by atoms with Crippen LogP contribution in [0.5, 0.6) is 0 Å². The zero-order valence-corrected chi connectivity index (χ0v) is 16.5. The highest BCUT2D eigenvalue weighted by Crippen LogP contribution is 2.34. The van der Waals surface area contributed by atoms with Gasteiger partial charge in [-0.1, -0.05) is 83.9 Å². The first-order valence-electron chi connectivity index (χ1n) is 9.27. The molecule has 0 aromatic heterocycles. The Bertz CT molecular complexity index is 888. The van der Waals surface area contributed by atoms with E-state index in [0.29, 0.717) is 10.0 Å². The van der Waals surface area contributed by atoms with Crippen LogP contribution in [-0.2, 0) is 0 Å². The molecule has 4 rings (SSSR count). The van der Waals surface area contributed by atoms with Crippen molar-refractivity contribution in [2.24, 2.45) is 0 Å². The van der Waals surface area contributed by atoms with E-state index >= 15 is 0 Å². The lowest BCUT2D eigenvalue weighted by Gasteiger charge is -2.35. The van der Waals surface area contributed by atoms with Crippen molar-refractivity contribution in [2.75, 3.05) is 26.2 Å². The lowest BCUT2D eigenvalue weighted by atomic mass is 9.94. The summed E-state index contributed by atoms with van der Waals surface area (Å²) in [6.07, 6.45) is 0. The first-order chi connectivity index (χ1) is 13.2. The van der Waals surface area contributed by atoms with Crippen molar-refractivity contribution >= 4 is 23.2 Å². The molecule has 1 fully saturated rings. The molecule has 0 bridgehead atoms. The van der Waals surface area contributed by atoms with Gasteiger partial charge in [0.25, 0.3) is 0 Å². The third kappa shape index (κ3) is 4.20. The number of hydrogen-bond acceptors (Lipinski definition) is 2. The Labute approximate surface area is 170 Å². The summed E-state index contributed by atoms with van der Waals surface area (Å²) in [6.45, 7) is 4.01. The summed E-state index contributed by atoms with van der Waals surface area (Å²) in [5.74, 6) is 0. The molecule has 1 heterocycles. The van der Waals surface area contributed by atoms with Gasteiger partial charge in [-0.05, 0) is 34.4 Å². The molecule has 0 spiro atoms. The van der Waals surface area contributed by atoms with E-state index in [2.05, 4.69) is 64.8 Å². The largest absolute Gasteiger partial charge is 0.314 e. The van der Waals surface area contributed by atoms with Crippen LogP contribution < -0.4 is 5.32 Å². The number of rotatable bonds is 4. The van der Waals surface area contributed by atoms with E-state index in [-0.39, 0.29) is 6.04 Å². The Morgan fingerprint density at radius 3 is 2.00 bits per heavy atom. The van der Waals surface area contributed by atoms with Gasteiger partial charge < -0.3 is 5.32 Å². The number of benzene rings is 3. The molecule has 4 heteroatoms. The van der Waals surface area contributed by atoms with Crippen molar-refractivity contribution in [3.8, 4) is 11.1 Å². The van der Waals surface area contributed by atoms with Crippen LogP contribution in [0.2, 0.25) is 10.0 Å². The second-order valence-corrected chi connectivity index (χ2v) is 7.66. The summed E-state index contributed by atoms with van der Waals surface area (Å²) in [6, 6.07) is 25.5. The quantitative estimate of drug-likeness (QED) is 0.612. The van der Waals surface area contributed by atoms with Crippen LogP contribution in [0.3, 0.4) is 0 Å². The minimum absolute atomic E-state index is 0.173. The maximum Gasteiger partial charge on any atom is 0.0603 e. The Hall–Kier alpha value is -1.84. The van der Waals surface area contributed by atoms with Gasteiger partial charge in [-0.25, -0.2) is 0 Å². The summed E-state index contributed by atoms with van der Waals surface area (Å²) in [4.78, 5) is 2.51. The molecular formula is C23H22Cl2N2. The molecule has 0 aliphatic carbocycles. The molecule has 0 radical (unpaired) electrons. The normalized spacial score (nSPS) is 16.2. The number of halogens is 2. The Kier molecular flexibility index (Phi) is 5.80. The smallest absolute Gasteiger partial charge is 0.0603 e. The number of nitrogens with one attached hydrogen (secondary N) is 1. The van der Waals surface area contributed by atoms with Crippen LogP contribution in [0.25, 0.3) is 11.1 Å². The van der Waals surface area contributed by atoms with E-state index in [1.54, 1.807) is 0 Å². The maximum absolute atomic E-state index is 6.33. The Morgan fingerprint density at radius 2 is 1.33 bits per heavy atom. The summed E-state index contributed by atoms with van der Waals surface area (Å²) in [5.41, 5.74) is 4.92. The lowest BCUT2D eigenvalue weighted by molar-refractivity contribution is 0.198. The Morgan fingerprint density at radius 1 is 0.704 bits per heavy atom. The van der Waals surface area contributed by atoms with Crippen LogP contribution in [0.15, 0.2) is 72.8 Å². The molecule has 1 aliphatic heterocycles. The molecule has 0 saturated carbocycles. The Balaban J connectivity index is 1.70. The van der Waals surface area contributed by atoms with Crippen molar-refractivity contribution in [1.82, 2.24) is 10.2 Å². The van der Waals surface area contributed by atoms with Crippen molar-refractivity contribution in [3.63, 3.8) is 0 Å². The maximum atomic E-state index is 6.33. The SMILES string of the molecule is Clc1ccc(C(c2ccc(-c3ccccc3)cc2)N2CCNCC2)cc1Cl. The molecule has 2 nitrogen and oxygen atoms in total. The molecule has 0 amide bonds. The van der Waals surface area contributed by atoms with Gasteiger partial charge in [-0.2, -0.15) is 0 Å². The fourth-order valence-corrected chi connectivity index (χ4v) is 4.03. The monoisotopic (exact) mass is 396 g/mol. The molecule has 1 aliphatic rings. The zero-order valence-electron chi connectivity index (χ0n) is 15.0. The summed E-state index contributed by atoms with van der Waals surface area (Å²) >= 11 is 12.5. The fraction of sp³-hybridized carbons (Fsp3) is 0.217. The van der Waals surface area contributed by atoms with Crippen LogP contribution >= 0.6 is 23.2 Å². The predicted octanol–water partition coefficient (Wildman–Crippen LogP) is 5.66. The van der Waals surface area contributed by atoms with Gasteiger partial charge >= 0.3 is 0 Å². The molecule has 1 unspecified atom stereocenters. The van der Waals surface area contributed by atoms with Gasteiger partial charge in [0, 0.05) is 26.2 Å². The van der Waals surface area contributed by atoms with Gasteiger partial charge in [0.1, 0.15) is 0 Å². The number of nitrogens with zero attached hydrogens (tertiary/aromatic N) is 1. The molecule has 1 atom stereocenters. The standard InChI is InChI=1S/C23H22Cl2N2/c24-21-11-10-20(16-22(21)25)23(27-14-12-26-13-15-27)19-8-6-18(7-9-19)17-4-2-1-3-5-17/h1-11,16,23,26H,12-15H2. The molecule has 1 N–H and O–H groups in total. The highest BCUT2D eigenvalue weighted by atomic mass is 35.5. The second kappa shape index (κ2) is 8.45. The van der Waals surface area contributed by atoms with Gasteiger partial charge in [0.05, 0.1) is 16.1 Å². The van der Waals surface area contributed by atoms with Gasteiger partial charge in [-0.15, -0.1) is 0 Å². The average Bonchev–Trinajstić information content (AvgIpc) is 2.73. The summed E-state index contributed by atoms with van der Waals surface area (Å²) in [7, 11) is 0. The molecule has 138 valence electrons. The minimum atomic E-state index is 0.173.